The van der Waals surface area contributed by atoms with Crippen molar-refractivity contribution >= 4 is 6.08 Å². The minimum Gasteiger partial charge on any atom is -0.244 e. The molecule has 0 amide bonds. The lowest BCUT2D eigenvalue weighted by atomic mass is 10.2. The molecule has 3 heteroatoms. The zero-order valence-electron chi connectivity index (χ0n) is 5.28. The Morgan fingerprint density at radius 3 is 3.00 bits per heavy atom. The molecule has 0 spiro atoms. The Labute approximate surface area is 58.7 Å². The Kier molecular flexibility index (Phi) is 1.76. The van der Waals surface area contributed by atoms with Crippen LogP contribution in [0.25, 0.3) is 6.08 Å². The lowest BCUT2D eigenvalue weighted by molar-refractivity contribution is 1.13. The molecule has 0 saturated carbocycles. The van der Waals surface area contributed by atoms with Gasteiger partial charge in [-0.25, -0.2) is 9.97 Å². The standard InChI is InChI=1S/C7H5N3/c1-2-6-4-9-5-10-7(6)3-8/h2,4-5H,1H2. The fraction of sp³-hybridized carbons (Fsp3) is 0. The van der Waals surface area contributed by atoms with Crippen molar-refractivity contribution in [2.45, 2.75) is 0 Å². The molecule has 0 saturated heterocycles. The average Bonchev–Trinajstić information content (AvgIpc) is 2.04. The number of aromatic nitrogens is 2. The molecule has 0 aliphatic rings. The lowest BCUT2D eigenvalue weighted by Crippen LogP contribution is -1.87. The smallest absolute Gasteiger partial charge is 0.151 e. The maximum atomic E-state index is 8.46. The molecule has 1 heterocycles. The molecule has 1 rings (SSSR count). The monoisotopic (exact) mass is 131 g/mol. The molecule has 0 fully saturated rings. The van der Waals surface area contributed by atoms with E-state index >= 15 is 0 Å². The minimum absolute atomic E-state index is 0.366. The van der Waals surface area contributed by atoms with Gasteiger partial charge in [0, 0.05) is 11.8 Å². The van der Waals surface area contributed by atoms with Gasteiger partial charge in [0.25, 0.3) is 0 Å². The van der Waals surface area contributed by atoms with Crippen LogP contribution in [-0.4, -0.2) is 9.97 Å². The van der Waals surface area contributed by atoms with Gasteiger partial charge in [-0.3, -0.25) is 0 Å². The summed E-state index contributed by atoms with van der Waals surface area (Å²) >= 11 is 0. The highest BCUT2D eigenvalue weighted by atomic mass is 14.8. The van der Waals surface area contributed by atoms with Crippen LogP contribution < -0.4 is 0 Å². The van der Waals surface area contributed by atoms with E-state index in [1.807, 2.05) is 6.07 Å². The summed E-state index contributed by atoms with van der Waals surface area (Å²) in [6.45, 7) is 3.51. The third-order valence-corrected chi connectivity index (χ3v) is 1.07. The van der Waals surface area contributed by atoms with Gasteiger partial charge in [-0.05, 0) is 0 Å². The molecule has 0 atom stereocenters. The Bertz CT molecular complexity index is 285. The molecular formula is C7H5N3. The van der Waals surface area contributed by atoms with Crippen LogP contribution in [0.1, 0.15) is 11.3 Å². The fourth-order valence-electron chi connectivity index (χ4n) is 0.583. The van der Waals surface area contributed by atoms with Crippen molar-refractivity contribution in [1.29, 1.82) is 5.26 Å². The highest BCUT2D eigenvalue weighted by Gasteiger charge is 1.95. The number of nitriles is 1. The molecule has 10 heavy (non-hydrogen) atoms. The molecule has 3 nitrogen and oxygen atoms in total. The first-order valence-electron chi connectivity index (χ1n) is 2.71. The summed E-state index contributed by atoms with van der Waals surface area (Å²) < 4.78 is 0. The normalized spacial score (nSPS) is 8.30. The Morgan fingerprint density at radius 1 is 1.70 bits per heavy atom. The van der Waals surface area contributed by atoms with Crippen molar-refractivity contribution in [2.24, 2.45) is 0 Å². The number of hydrogen-bond donors (Lipinski definition) is 0. The van der Waals surface area contributed by atoms with E-state index in [-0.39, 0.29) is 0 Å². The Hall–Kier alpha value is -1.69. The van der Waals surface area contributed by atoms with Crippen molar-refractivity contribution in [1.82, 2.24) is 9.97 Å². The predicted octanol–water partition coefficient (Wildman–Crippen LogP) is 0.991. The number of rotatable bonds is 1. The third-order valence-electron chi connectivity index (χ3n) is 1.07. The second kappa shape index (κ2) is 2.74. The van der Waals surface area contributed by atoms with E-state index < -0.39 is 0 Å². The van der Waals surface area contributed by atoms with Gasteiger partial charge in [0.05, 0.1) is 0 Å². The summed E-state index contributed by atoms with van der Waals surface area (Å²) in [7, 11) is 0. The predicted molar refractivity (Wildman–Crippen MR) is 36.8 cm³/mol. The Morgan fingerprint density at radius 2 is 2.50 bits per heavy atom. The second-order valence-corrected chi connectivity index (χ2v) is 1.64. The summed E-state index contributed by atoms with van der Waals surface area (Å²) in [4.78, 5) is 7.46. The molecule has 0 aliphatic carbocycles. The van der Waals surface area contributed by atoms with Crippen LogP contribution in [0.15, 0.2) is 19.1 Å². The van der Waals surface area contributed by atoms with Crippen molar-refractivity contribution in [3.8, 4) is 6.07 Å². The van der Waals surface area contributed by atoms with Crippen LogP contribution in [0.3, 0.4) is 0 Å². The van der Waals surface area contributed by atoms with E-state index in [2.05, 4.69) is 16.5 Å². The number of hydrogen-bond acceptors (Lipinski definition) is 3. The van der Waals surface area contributed by atoms with Gasteiger partial charge in [0.2, 0.25) is 0 Å². The molecule has 48 valence electrons. The molecule has 0 aliphatic heterocycles. The van der Waals surface area contributed by atoms with E-state index in [1.165, 1.54) is 6.33 Å². The molecule has 0 aromatic carbocycles. The van der Waals surface area contributed by atoms with E-state index in [0.29, 0.717) is 11.3 Å². The molecule has 1 aromatic heterocycles. The zero-order valence-corrected chi connectivity index (χ0v) is 5.28. The first-order valence-corrected chi connectivity index (χ1v) is 2.71. The molecular weight excluding hydrogens is 126 g/mol. The van der Waals surface area contributed by atoms with E-state index in [0.717, 1.165) is 0 Å². The topological polar surface area (TPSA) is 49.6 Å². The van der Waals surface area contributed by atoms with Gasteiger partial charge >= 0.3 is 0 Å². The highest BCUT2D eigenvalue weighted by Crippen LogP contribution is 2.01. The van der Waals surface area contributed by atoms with Crippen LogP contribution in [-0.2, 0) is 0 Å². The largest absolute Gasteiger partial charge is 0.244 e. The molecule has 1 aromatic rings. The van der Waals surface area contributed by atoms with Gasteiger partial charge in [0.15, 0.2) is 5.69 Å². The van der Waals surface area contributed by atoms with Gasteiger partial charge in [0.1, 0.15) is 12.4 Å². The van der Waals surface area contributed by atoms with Crippen molar-refractivity contribution in [3.63, 3.8) is 0 Å². The van der Waals surface area contributed by atoms with Crippen LogP contribution in [0, 0.1) is 11.3 Å². The summed E-state index contributed by atoms with van der Waals surface area (Å²) in [5.74, 6) is 0. The quantitative estimate of drug-likeness (QED) is 0.571. The van der Waals surface area contributed by atoms with E-state index in [1.54, 1.807) is 12.3 Å². The minimum atomic E-state index is 0.366. The van der Waals surface area contributed by atoms with Gasteiger partial charge in [-0.1, -0.05) is 12.7 Å². The maximum absolute atomic E-state index is 8.46. The van der Waals surface area contributed by atoms with Crippen molar-refractivity contribution < 1.29 is 0 Å². The molecule has 0 N–H and O–H groups in total. The van der Waals surface area contributed by atoms with Gasteiger partial charge in [-0.2, -0.15) is 5.26 Å². The zero-order chi connectivity index (χ0) is 7.40. The van der Waals surface area contributed by atoms with Crippen LogP contribution in [0.4, 0.5) is 0 Å². The Balaban J connectivity index is 3.24. The second-order valence-electron chi connectivity index (χ2n) is 1.64. The molecule has 0 unspecified atom stereocenters. The maximum Gasteiger partial charge on any atom is 0.151 e. The van der Waals surface area contributed by atoms with Crippen molar-refractivity contribution in [2.75, 3.05) is 0 Å². The van der Waals surface area contributed by atoms with E-state index in [9.17, 15) is 0 Å². The van der Waals surface area contributed by atoms with Gasteiger partial charge in [-0.15, -0.1) is 0 Å². The summed E-state index contributed by atoms with van der Waals surface area (Å²) in [5, 5.41) is 8.46. The van der Waals surface area contributed by atoms with Crippen LogP contribution in [0.5, 0.6) is 0 Å². The van der Waals surface area contributed by atoms with E-state index in [4.69, 9.17) is 5.26 Å². The van der Waals surface area contributed by atoms with Gasteiger partial charge < -0.3 is 0 Å². The first kappa shape index (κ1) is 6.43. The molecule has 0 radical (unpaired) electrons. The third kappa shape index (κ3) is 1.00. The number of nitrogens with zero attached hydrogens (tertiary/aromatic N) is 3. The SMILES string of the molecule is C=Cc1cncnc1C#N. The summed E-state index contributed by atoms with van der Waals surface area (Å²) in [6.07, 6.45) is 4.45. The highest BCUT2D eigenvalue weighted by molar-refractivity contribution is 5.51. The van der Waals surface area contributed by atoms with Crippen molar-refractivity contribution in [3.05, 3.63) is 30.4 Å². The van der Waals surface area contributed by atoms with Crippen LogP contribution in [0.2, 0.25) is 0 Å². The molecule has 0 bridgehead atoms. The van der Waals surface area contributed by atoms with Crippen LogP contribution >= 0.6 is 0 Å². The summed E-state index contributed by atoms with van der Waals surface area (Å²) in [5.41, 5.74) is 1.04. The fourth-order valence-corrected chi connectivity index (χ4v) is 0.583. The first-order chi connectivity index (χ1) is 4.88. The average molecular weight is 131 g/mol. The lowest BCUT2D eigenvalue weighted by Gasteiger charge is -1.90. The summed E-state index contributed by atoms with van der Waals surface area (Å²) in [6, 6.07) is 1.92.